The normalized spacial score (nSPS) is 16.7. The molecule has 2 aromatic carbocycles. The summed E-state index contributed by atoms with van der Waals surface area (Å²) in [6.07, 6.45) is 29.3. The first-order chi connectivity index (χ1) is 22.0. The highest BCUT2D eigenvalue weighted by atomic mass is 19.2. The first-order valence-corrected chi connectivity index (χ1v) is 18.1. The highest BCUT2D eigenvalue weighted by molar-refractivity contribution is 5.91. The van der Waals surface area contributed by atoms with Crippen molar-refractivity contribution < 1.29 is 23.0 Å². The van der Waals surface area contributed by atoms with Crippen molar-refractivity contribution in [3.05, 3.63) is 71.3 Å². The number of allylic oxidation sites excluding steroid dienone is 2. The van der Waals surface area contributed by atoms with Crippen LogP contribution in [0.5, 0.6) is 11.5 Å². The molecule has 2 aromatic rings. The van der Waals surface area contributed by atoms with Crippen molar-refractivity contribution in [1.82, 2.24) is 0 Å². The summed E-state index contributed by atoms with van der Waals surface area (Å²) >= 11 is 0. The molecule has 250 valence electrons. The predicted octanol–water partition coefficient (Wildman–Crippen LogP) is 12.4. The van der Waals surface area contributed by atoms with Gasteiger partial charge >= 0.3 is 5.97 Å². The third-order valence-corrected chi connectivity index (χ3v) is 9.27. The van der Waals surface area contributed by atoms with Crippen molar-refractivity contribution in [1.29, 1.82) is 0 Å². The molecule has 0 amide bonds. The van der Waals surface area contributed by atoms with Gasteiger partial charge in [0.05, 0.1) is 12.2 Å². The molecule has 0 bridgehead atoms. The third kappa shape index (κ3) is 14.1. The molecule has 1 aliphatic rings. The Kier molecular flexibility index (Phi) is 17.9. The van der Waals surface area contributed by atoms with Crippen LogP contribution in [0.2, 0.25) is 0 Å². The molecule has 0 unspecified atom stereocenters. The second kappa shape index (κ2) is 21.9. The maximum atomic E-state index is 14.7. The highest BCUT2D eigenvalue weighted by Gasteiger charge is 2.21. The minimum Gasteiger partial charge on any atom is -0.490 e. The number of unbranched alkanes of at least 4 members (excludes halogenated alkanes) is 11. The molecule has 0 heterocycles. The summed E-state index contributed by atoms with van der Waals surface area (Å²) in [5.41, 5.74) is 0.697. The zero-order chi connectivity index (χ0) is 32.1. The third-order valence-electron chi connectivity index (χ3n) is 9.27. The minimum atomic E-state index is -1.24. The van der Waals surface area contributed by atoms with Gasteiger partial charge in [0, 0.05) is 0 Å². The van der Waals surface area contributed by atoms with Crippen LogP contribution < -0.4 is 9.47 Å². The number of rotatable bonds is 22. The Bertz CT molecular complexity index is 1120. The molecule has 3 nitrogen and oxygen atoms in total. The molecule has 0 saturated heterocycles. The lowest BCUT2D eigenvalue weighted by Gasteiger charge is -2.26. The lowest BCUT2D eigenvalue weighted by atomic mass is 9.79. The van der Waals surface area contributed by atoms with E-state index in [1.165, 1.54) is 108 Å². The van der Waals surface area contributed by atoms with Crippen molar-refractivity contribution in [2.24, 2.45) is 11.8 Å². The average molecular weight is 625 g/mol. The first kappa shape index (κ1) is 36.8. The van der Waals surface area contributed by atoms with E-state index in [0.717, 1.165) is 43.6 Å². The summed E-state index contributed by atoms with van der Waals surface area (Å²) in [7, 11) is 0. The quantitative estimate of drug-likeness (QED) is 0.0566. The fourth-order valence-electron chi connectivity index (χ4n) is 6.35. The van der Waals surface area contributed by atoms with E-state index in [9.17, 15) is 13.6 Å². The summed E-state index contributed by atoms with van der Waals surface area (Å²) in [5, 5.41) is 0. The molecular formula is C40H58F2O3. The van der Waals surface area contributed by atoms with Gasteiger partial charge in [-0.1, -0.05) is 122 Å². The molecule has 1 fully saturated rings. The summed E-state index contributed by atoms with van der Waals surface area (Å²) in [6, 6.07) is 9.78. The van der Waals surface area contributed by atoms with E-state index in [0.29, 0.717) is 18.3 Å². The van der Waals surface area contributed by atoms with Gasteiger partial charge in [0.15, 0.2) is 11.6 Å². The smallest absolute Gasteiger partial charge is 0.346 e. The van der Waals surface area contributed by atoms with Gasteiger partial charge in [-0.2, -0.15) is 4.39 Å². The van der Waals surface area contributed by atoms with Crippen molar-refractivity contribution in [3.63, 3.8) is 0 Å². The molecule has 45 heavy (non-hydrogen) atoms. The van der Waals surface area contributed by atoms with Crippen molar-refractivity contribution in [3.8, 4) is 11.5 Å². The van der Waals surface area contributed by atoms with Crippen LogP contribution in [0.3, 0.4) is 0 Å². The minimum absolute atomic E-state index is 0.173. The van der Waals surface area contributed by atoms with Crippen LogP contribution in [0, 0.1) is 23.5 Å². The number of halogens is 2. The lowest BCUT2D eigenvalue weighted by Crippen LogP contribution is -2.13. The summed E-state index contributed by atoms with van der Waals surface area (Å²) in [5.74, 6) is -1.55. The standard InChI is InChI=1S/C40H58F2O3/c1-3-5-7-8-9-10-11-12-13-17-31-44-37-30-29-36(38(41)39(37)42)40(43)45-35-27-25-34(26-28-35)20-16-15-19-33-23-21-32(22-24-33)18-14-6-4-2/h15,19,25-30,32-33H,3-14,16-18,20-24,31H2,1-2H3/b19-15+/t32-,33-. The van der Waals surface area contributed by atoms with E-state index in [1.807, 2.05) is 12.1 Å². The molecule has 0 spiro atoms. The van der Waals surface area contributed by atoms with Gasteiger partial charge in [-0.25, -0.2) is 9.18 Å². The van der Waals surface area contributed by atoms with E-state index >= 15 is 0 Å². The van der Waals surface area contributed by atoms with Gasteiger partial charge in [-0.05, 0) is 86.6 Å². The maximum absolute atomic E-state index is 14.7. The van der Waals surface area contributed by atoms with Gasteiger partial charge in [0.25, 0.3) is 0 Å². The van der Waals surface area contributed by atoms with E-state index < -0.39 is 23.2 Å². The Morgan fingerprint density at radius 1 is 0.756 bits per heavy atom. The largest absolute Gasteiger partial charge is 0.490 e. The second-order valence-electron chi connectivity index (χ2n) is 13.0. The second-order valence-corrected chi connectivity index (χ2v) is 13.0. The van der Waals surface area contributed by atoms with Crippen molar-refractivity contribution >= 4 is 5.97 Å². The molecule has 0 aromatic heterocycles. The number of esters is 1. The lowest BCUT2D eigenvalue weighted by molar-refractivity contribution is 0.0728. The summed E-state index contributed by atoms with van der Waals surface area (Å²) < 4.78 is 40.2. The topological polar surface area (TPSA) is 35.5 Å². The SMILES string of the molecule is CCCCCCCCCCCCOc1ccc(C(=O)Oc2ccc(CC/C=C/[C@H]3CC[C@H](CCCCC)CC3)cc2)c(F)c1F. The van der Waals surface area contributed by atoms with E-state index in [1.54, 1.807) is 12.1 Å². The number of hydrogen-bond acceptors (Lipinski definition) is 3. The van der Waals surface area contributed by atoms with E-state index in [2.05, 4.69) is 26.0 Å². The van der Waals surface area contributed by atoms with Crippen LogP contribution in [0.1, 0.15) is 152 Å². The van der Waals surface area contributed by atoms with Gasteiger partial charge in [-0.15, -0.1) is 0 Å². The highest BCUT2D eigenvalue weighted by Crippen LogP contribution is 2.33. The number of carbonyl (C=O) groups is 1. The number of benzene rings is 2. The number of carbonyl (C=O) groups excluding carboxylic acids is 1. The van der Waals surface area contributed by atoms with Gasteiger partial charge in [-0.3, -0.25) is 0 Å². The number of hydrogen-bond donors (Lipinski definition) is 0. The molecule has 1 aliphatic carbocycles. The molecule has 1 saturated carbocycles. The Morgan fingerprint density at radius 3 is 2.04 bits per heavy atom. The van der Waals surface area contributed by atoms with Gasteiger partial charge in [0.2, 0.25) is 5.82 Å². The zero-order valence-corrected chi connectivity index (χ0v) is 28.1. The van der Waals surface area contributed by atoms with Crippen LogP contribution in [0.4, 0.5) is 8.78 Å². The molecule has 5 heteroatoms. The molecule has 0 aliphatic heterocycles. The Labute approximate surface area is 272 Å². The molecular weight excluding hydrogens is 566 g/mol. The summed E-state index contributed by atoms with van der Waals surface area (Å²) in [6.45, 7) is 4.82. The molecule has 3 rings (SSSR count). The Balaban J connectivity index is 1.33. The molecule has 0 radical (unpaired) electrons. The monoisotopic (exact) mass is 624 g/mol. The van der Waals surface area contributed by atoms with E-state index in [-0.39, 0.29) is 5.75 Å². The van der Waals surface area contributed by atoms with Crippen molar-refractivity contribution in [2.75, 3.05) is 6.61 Å². The molecule has 0 atom stereocenters. The van der Waals surface area contributed by atoms with E-state index in [4.69, 9.17) is 9.47 Å². The Hall–Kier alpha value is -2.69. The van der Waals surface area contributed by atoms with Crippen molar-refractivity contribution in [2.45, 2.75) is 142 Å². The first-order valence-electron chi connectivity index (χ1n) is 18.1. The van der Waals surface area contributed by atoms with Crippen LogP contribution in [0.25, 0.3) is 0 Å². The van der Waals surface area contributed by atoms with Crippen LogP contribution in [-0.4, -0.2) is 12.6 Å². The predicted molar refractivity (Wildman–Crippen MR) is 182 cm³/mol. The van der Waals surface area contributed by atoms with Crippen LogP contribution in [-0.2, 0) is 6.42 Å². The number of ether oxygens (including phenoxy) is 2. The average Bonchev–Trinajstić information content (AvgIpc) is 3.05. The van der Waals surface area contributed by atoms with Crippen LogP contribution in [0.15, 0.2) is 48.6 Å². The Morgan fingerprint density at radius 2 is 1.38 bits per heavy atom. The fraction of sp³-hybridized carbons (Fsp3) is 0.625. The van der Waals surface area contributed by atoms with Gasteiger partial charge in [0.1, 0.15) is 5.75 Å². The maximum Gasteiger partial charge on any atom is 0.346 e. The zero-order valence-electron chi connectivity index (χ0n) is 28.1. The fourth-order valence-corrected chi connectivity index (χ4v) is 6.35. The molecule has 0 N–H and O–H groups in total. The van der Waals surface area contributed by atoms with Gasteiger partial charge < -0.3 is 9.47 Å². The summed E-state index contributed by atoms with van der Waals surface area (Å²) in [4.78, 5) is 12.6. The number of aryl methyl sites for hydroxylation is 1. The van der Waals surface area contributed by atoms with Crippen LogP contribution >= 0.6 is 0 Å².